The lowest BCUT2D eigenvalue weighted by atomic mass is 9.82. The van der Waals surface area contributed by atoms with Gasteiger partial charge in [0.25, 0.3) is 0 Å². The van der Waals surface area contributed by atoms with Crippen molar-refractivity contribution in [2.24, 2.45) is 0 Å². The molecule has 2 rings (SSSR count). The zero-order valence-electron chi connectivity index (χ0n) is 15.9. The number of rotatable bonds is 4. The van der Waals surface area contributed by atoms with Gasteiger partial charge in [0.1, 0.15) is 5.54 Å². The van der Waals surface area contributed by atoms with E-state index in [0.717, 1.165) is 38.0 Å². The van der Waals surface area contributed by atoms with E-state index in [0.29, 0.717) is 25.9 Å². The summed E-state index contributed by atoms with van der Waals surface area (Å²) >= 11 is 0. The van der Waals surface area contributed by atoms with Crippen molar-refractivity contribution in [3.8, 4) is 0 Å². The monoisotopic (exact) mass is 351 g/mol. The number of amides is 2. The second kappa shape index (κ2) is 10.1. The Hall–Kier alpha value is -1.98. The summed E-state index contributed by atoms with van der Waals surface area (Å²) in [7, 11) is 0. The van der Waals surface area contributed by atoms with Gasteiger partial charge in [-0.25, -0.2) is 9.59 Å². The number of hydrogen-bond donors (Lipinski definition) is 2. The number of carboxylic acid groups (broad SMARTS) is 1. The zero-order valence-corrected chi connectivity index (χ0v) is 15.9. The van der Waals surface area contributed by atoms with Gasteiger partial charge in [-0.05, 0) is 25.8 Å². The Kier molecular flexibility index (Phi) is 8.52. The van der Waals surface area contributed by atoms with Gasteiger partial charge in [-0.1, -0.05) is 45.8 Å². The van der Waals surface area contributed by atoms with Crippen molar-refractivity contribution in [1.82, 2.24) is 15.1 Å². The molecule has 0 aromatic rings. The Morgan fingerprint density at radius 3 is 2.04 bits per heavy atom. The molecule has 1 saturated heterocycles. The molecule has 2 amide bonds. The SMILES string of the molecule is C=C/C=C(\C)N1CCN(C(=O)NC2(C(=O)O)CCCCC2)CC1.CC. The number of nitrogens with zero attached hydrogens (tertiary/aromatic N) is 2. The highest BCUT2D eigenvalue weighted by Crippen LogP contribution is 2.28. The third-order valence-corrected chi connectivity index (χ3v) is 4.89. The second-order valence-electron chi connectivity index (χ2n) is 6.40. The molecule has 2 N–H and O–H groups in total. The minimum Gasteiger partial charge on any atom is -0.480 e. The van der Waals surface area contributed by atoms with E-state index in [4.69, 9.17) is 0 Å². The largest absolute Gasteiger partial charge is 0.480 e. The molecule has 0 spiro atoms. The number of piperazine rings is 1. The number of nitrogens with one attached hydrogen (secondary N) is 1. The van der Waals surface area contributed by atoms with Gasteiger partial charge in [0, 0.05) is 31.9 Å². The highest BCUT2D eigenvalue weighted by atomic mass is 16.4. The number of aliphatic carboxylic acids is 1. The Morgan fingerprint density at radius 2 is 1.56 bits per heavy atom. The molecule has 1 saturated carbocycles. The maximum Gasteiger partial charge on any atom is 0.329 e. The highest BCUT2D eigenvalue weighted by molar-refractivity contribution is 5.86. The molecule has 2 aliphatic rings. The fraction of sp³-hybridized carbons (Fsp3) is 0.684. The molecule has 0 atom stereocenters. The normalized spacial score (nSPS) is 20.2. The minimum atomic E-state index is -1.08. The maximum atomic E-state index is 12.5. The summed E-state index contributed by atoms with van der Waals surface area (Å²) in [6, 6.07) is -0.251. The number of allylic oxidation sites excluding steroid dienone is 3. The number of carboxylic acids is 1. The minimum absolute atomic E-state index is 0.251. The van der Waals surface area contributed by atoms with Crippen molar-refractivity contribution in [3.63, 3.8) is 0 Å². The summed E-state index contributed by atoms with van der Waals surface area (Å²) in [4.78, 5) is 28.1. The van der Waals surface area contributed by atoms with Crippen LogP contribution in [0.2, 0.25) is 0 Å². The standard InChI is InChI=1S/C17H27N3O3.C2H6/c1-3-7-14(2)19-10-12-20(13-11-19)16(23)18-17(15(21)22)8-5-4-6-9-17;1-2/h3,7H,1,4-6,8-13H2,2H3,(H,18,23)(H,21,22);1-2H3/b14-7+;. The van der Waals surface area contributed by atoms with E-state index in [9.17, 15) is 14.7 Å². The maximum absolute atomic E-state index is 12.5. The molecule has 6 heteroatoms. The number of carbonyl (C=O) groups excluding carboxylic acids is 1. The number of urea groups is 1. The second-order valence-corrected chi connectivity index (χ2v) is 6.40. The van der Waals surface area contributed by atoms with Gasteiger partial charge in [0.05, 0.1) is 0 Å². The molecule has 0 bridgehead atoms. The van der Waals surface area contributed by atoms with Crippen LogP contribution in [0, 0.1) is 0 Å². The van der Waals surface area contributed by atoms with E-state index in [1.807, 2.05) is 26.8 Å². The van der Waals surface area contributed by atoms with E-state index < -0.39 is 11.5 Å². The fourth-order valence-electron chi connectivity index (χ4n) is 3.37. The van der Waals surface area contributed by atoms with Crippen LogP contribution < -0.4 is 5.32 Å². The smallest absolute Gasteiger partial charge is 0.329 e. The predicted octanol–water partition coefficient (Wildman–Crippen LogP) is 3.22. The fourth-order valence-corrected chi connectivity index (χ4v) is 3.37. The van der Waals surface area contributed by atoms with Crippen molar-refractivity contribution < 1.29 is 14.7 Å². The van der Waals surface area contributed by atoms with Crippen molar-refractivity contribution in [1.29, 1.82) is 0 Å². The van der Waals surface area contributed by atoms with Crippen LogP contribution in [-0.4, -0.2) is 58.6 Å². The van der Waals surface area contributed by atoms with Crippen molar-refractivity contribution in [3.05, 3.63) is 24.4 Å². The first-order valence-electron chi connectivity index (χ1n) is 9.33. The van der Waals surface area contributed by atoms with Crippen LogP contribution >= 0.6 is 0 Å². The molecule has 25 heavy (non-hydrogen) atoms. The number of hydrogen-bond acceptors (Lipinski definition) is 3. The highest BCUT2D eigenvalue weighted by Gasteiger charge is 2.42. The summed E-state index contributed by atoms with van der Waals surface area (Å²) < 4.78 is 0. The first-order chi connectivity index (χ1) is 12.0. The van der Waals surface area contributed by atoms with Gasteiger partial charge in [-0.3, -0.25) is 0 Å². The molecule has 1 aliphatic carbocycles. The Labute approximate surface area is 151 Å². The van der Waals surface area contributed by atoms with Gasteiger partial charge in [-0.2, -0.15) is 0 Å². The molecule has 0 radical (unpaired) electrons. The molecule has 1 aliphatic heterocycles. The molecule has 2 fully saturated rings. The summed E-state index contributed by atoms with van der Waals surface area (Å²) in [5, 5.41) is 12.4. The van der Waals surface area contributed by atoms with Crippen LogP contribution in [0.3, 0.4) is 0 Å². The molecular formula is C19H33N3O3. The summed E-state index contributed by atoms with van der Waals surface area (Å²) in [6.07, 6.45) is 7.51. The van der Waals surface area contributed by atoms with Crippen LogP contribution in [0.1, 0.15) is 52.9 Å². The van der Waals surface area contributed by atoms with E-state index in [-0.39, 0.29) is 6.03 Å². The Morgan fingerprint density at radius 1 is 1.04 bits per heavy atom. The molecule has 142 valence electrons. The summed E-state index contributed by atoms with van der Waals surface area (Å²) in [5.41, 5.74) is 0.0554. The third kappa shape index (κ3) is 5.51. The topological polar surface area (TPSA) is 72.9 Å². The number of carbonyl (C=O) groups is 2. The molecule has 6 nitrogen and oxygen atoms in total. The van der Waals surface area contributed by atoms with Crippen molar-refractivity contribution in [2.75, 3.05) is 26.2 Å². The van der Waals surface area contributed by atoms with Crippen LogP contribution in [0.5, 0.6) is 0 Å². The lowest BCUT2D eigenvalue weighted by Gasteiger charge is -2.40. The van der Waals surface area contributed by atoms with E-state index >= 15 is 0 Å². The Bertz CT molecular complexity index is 488. The first-order valence-corrected chi connectivity index (χ1v) is 9.33. The summed E-state index contributed by atoms with van der Waals surface area (Å²) in [5.74, 6) is -0.908. The molecular weight excluding hydrogens is 318 g/mol. The van der Waals surface area contributed by atoms with Gasteiger partial charge in [0.15, 0.2) is 0 Å². The van der Waals surface area contributed by atoms with Crippen molar-refractivity contribution >= 4 is 12.0 Å². The molecule has 0 aromatic heterocycles. The van der Waals surface area contributed by atoms with E-state index in [2.05, 4.69) is 16.8 Å². The average molecular weight is 351 g/mol. The van der Waals surface area contributed by atoms with Gasteiger partial charge < -0.3 is 20.2 Å². The molecule has 0 unspecified atom stereocenters. The van der Waals surface area contributed by atoms with Gasteiger partial charge in [-0.15, -0.1) is 0 Å². The average Bonchev–Trinajstić information content (AvgIpc) is 2.64. The van der Waals surface area contributed by atoms with E-state index in [1.165, 1.54) is 0 Å². The zero-order chi connectivity index (χ0) is 18.9. The van der Waals surface area contributed by atoms with Crippen LogP contribution in [0.15, 0.2) is 24.4 Å². The predicted molar refractivity (Wildman–Crippen MR) is 100 cm³/mol. The summed E-state index contributed by atoms with van der Waals surface area (Å²) in [6.45, 7) is 12.4. The van der Waals surface area contributed by atoms with Crippen molar-refractivity contribution in [2.45, 2.75) is 58.4 Å². The quantitative estimate of drug-likeness (QED) is 0.763. The lowest BCUT2D eigenvalue weighted by Crippen LogP contribution is -2.60. The Balaban J connectivity index is 0.00000151. The lowest BCUT2D eigenvalue weighted by molar-refractivity contribution is -0.146. The van der Waals surface area contributed by atoms with Gasteiger partial charge in [0.2, 0.25) is 0 Å². The van der Waals surface area contributed by atoms with E-state index in [1.54, 1.807) is 11.0 Å². The third-order valence-electron chi connectivity index (χ3n) is 4.89. The molecule has 0 aromatic carbocycles. The van der Waals surface area contributed by atoms with Gasteiger partial charge >= 0.3 is 12.0 Å². The van der Waals surface area contributed by atoms with Crippen LogP contribution in [0.25, 0.3) is 0 Å². The van der Waals surface area contributed by atoms with Crippen LogP contribution in [0.4, 0.5) is 4.79 Å². The first kappa shape index (κ1) is 21.1. The van der Waals surface area contributed by atoms with Crippen LogP contribution in [-0.2, 0) is 4.79 Å². The molecule has 1 heterocycles.